The van der Waals surface area contributed by atoms with Gasteiger partial charge in [0.05, 0.1) is 0 Å². The van der Waals surface area contributed by atoms with Crippen molar-refractivity contribution in [2.24, 2.45) is 0 Å². The zero-order valence-electron chi connectivity index (χ0n) is 7.92. The van der Waals surface area contributed by atoms with Crippen molar-refractivity contribution >= 4 is 22.0 Å². The lowest BCUT2D eigenvalue weighted by Gasteiger charge is -2.33. The Morgan fingerprint density at radius 1 is 1.33 bits per heavy atom. The Hall–Kier alpha value is 0.447. The van der Waals surface area contributed by atoms with Gasteiger partial charge in [0.1, 0.15) is 16.3 Å². The first kappa shape index (κ1) is 12.4. The minimum atomic E-state index is -0.836. The van der Waals surface area contributed by atoms with Crippen molar-refractivity contribution in [3.05, 3.63) is 0 Å². The molecule has 71 valence electrons. The molecule has 0 saturated carbocycles. The van der Waals surface area contributed by atoms with Gasteiger partial charge in [0.2, 0.25) is 0 Å². The molecule has 0 amide bonds. The molecule has 0 aromatic carbocycles. The molecule has 5 heteroatoms. The molecule has 0 aliphatic carbocycles. The fraction of sp³-hybridized carbons (Fsp3) is 1.00. The lowest BCUT2D eigenvalue weighted by atomic mass is 10.4. The van der Waals surface area contributed by atoms with Crippen LogP contribution in [0.3, 0.4) is 0 Å². The summed E-state index contributed by atoms with van der Waals surface area (Å²) < 4.78 is 15.5. The summed E-state index contributed by atoms with van der Waals surface area (Å²) in [7, 11) is 8.16. The smallest absolute Gasteiger partial charge is 0.169 e. The zero-order valence-corrected chi connectivity index (χ0v) is 9.73. The summed E-state index contributed by atoms with van der Waals surface area (Å²) in [4.78, 5) is 0. The van der Waals surface area contributed by atoms with E-state index in [0.717, 1.165) is 5.75 Å². The summed E-state index contributed by atoms with van der Waals surface area (Å²) in [6, 6.07) is 0. The molecule has 3 nitrogen and oxygen atoms in total. The number of methoxy groups -OCH3 is 3. The van der Waals surface area contributed by atoms with Crippen molar-refractivity contribution in [3.8, 4) is 0 Å². The number of hydrogen-bond acceptors (Lipinski definition) is 4. The van der Waals surface area contributed by atoms with Gasteiger partial charge in [-0.15, -0.1) is 0 Å². The minimum Gasteiger partial charge on any atom is -0.375 e. The summed E-state index contributed by atoms with van der Waals surface area (Å²) in [6.45, 7) is 0. The highest BCUT2D eigenvalue weighted by Gasteiger charge is 2.33. The van der Waals surface area contributed by atoms with Crippen molar-refractivity contribution < 1.29 is 14.2 Å². The van der Waals surface area contributed by atoms with E-state index in [1.165, 1.54) is 0 Å². The lowest BCUT2D eigenvalue weighted by molar-refractivity contribution is -0.201. The van der Waals surface area contributed by atoms with E-state index < -0.39 is 5.41 Å². The number of rotatable bonds is 6. The number of thioether (sulfide) groups is 1. The van der Waals surface area contributed by atoms with Crippen LogP contribution in [0.5, 0.6) is 0 Å². The predicted octanol–water partition coefficient (Wildman–Crippen LogP) is 0.480. The van der Waals surface area contributed by atoms with E-state index >= 15 is 0 Å². The van der Waals surface area contributed by atoms with Gasteiger partial charge in [0.25, 0.3) is 0 Å². The summed E-state index contributed by atoms with van der Waals surface area (Å²) in [6.07, 6.45) is 1.88. The SMILES string of the molecule is COC(CSC)C([Si])(OC)OC. The third-order valence-electron chi connectivity index (χ3n) is 1.63. The Balaban J connectivity index is 4.21. The highest BCUT2D eigenvalue weighted by Crippen LogP contribution is 2.17. The van der Waals surface area contributed by atoms with E-state index in [0.29, 0.717) is 0 Å². The maximum atomic E-state index is 5.22. The second-order valence-electron chi connectivity index (χ2n) is 2.26. The molecule has 0 aromatic rings. The van der Waals surface area contributed by atoms with Gasteiger partial charge >= 0.3 is 0 Å². The van der Waals surface area contributed by atoms with Crippen molar-refractivity contribution in [2.75, 3.05) is 33.3 Å². The first-order valence-electron chi connectivity index (χ1n) is 3.51. The molecular formula is C7H15O3SSi. The Morgan fingerprint density at radius 3 is 2.08 bits per heavy atom. The van der Waals surface area contributed by atoms with Crippen LogP contribution in [0.25, 0.3) is 0 Å². The molecule has 3 radical (unpaired) electrons. The molecule has 0 aliphatic rings. The highest BCUT2D eigenvalue weighted by molar-refractivity contribution is 7.98. The van der Waals surface area contributed by atoms with Crippen LogP contribution in [0.15, 0.2) is 0 Å². The van der Waals surface area contributed by atoms with Gasteiger partial charge in [-0.3, -0.25) is 0 Å². The van der Waals surface area contributed by atoms with Gasteiger partial charge in [-0.25, -0.2) is 0 Å². The van der Waals surface area contributed by atoms with Gasteiger partial charge in [0.15, 0.2) is 5.41 Å². The average molecular weight is 207 g/mol. The second-order valence-corrected chi connectivity index (χ2v) is 3.86. The Labute approximate surface area is 81.6 Å². The topological polar surface area (TPSA) is 27.7 Å². The molecule has 0 heterocycles. The molecule has 0 rings (SSSR count). The largest absolute Gasteiger partial charge is 0.375 e. The van der Waals surface area contributed by atoms with Gasteiger partial charge in [-0.1, -0.05) is 0 Å². The Bertz CT molecular complexity index is 119. The monoisotopic (exact) mass is 207 g/mol. The van der Waals surface area contributed by atoms with Gasteiger partial charge in [0, 0.05) is 27.1 Å². The minimum absolute atomic E-state index is 0.126. The third kappa shape index (κ3) is 3.06. The van der Waals surface area contributed by atoms with Crippen LogP contribution in [-0.4, -0.2) is 55.1 Å². The summed E-state index contributed by atoms with van der Waals surface area (Å²) in [5.74, 6) is 0.807. The molecule has 0 spiro atoms. The van der Waals surface area contributed by atoms with E-state index in [1.54, 1.807) is 33.1 Å². The normalized spacial score (nSPS) is 14.8. The Kier molecular flexibility index (Phi) is 6.21. The second kappa shape index (κ2) is 5.99. The van der Waals surface area contributed by atoms with Gasteiger partial charge in [-0.2, -0.15) is 11.8 Å². The van der Waals surface area contributed by atoms with Crippen LogP contribution < -0.4 is 0 Å². The summed E-state index contributed by atoms with van der Waals surface area (Å²) in [5.41, 5.74) is -0.836. The molecule has 0 saturated heterocycles. The molecule has 0 N–H and O–H groups in total. The standard InChI is InChI=1S/C7H15O3SSi/c1-8-6(5-11-4)7(12,9-2)10-3/h6H,5H2,1-4H3. The zero-order chi connectivity index (χ0) is 9.61. The lowest BCUT2D eigenvalue weighted by Crippen LogP contribution is -2.49. The number of hydrogen-bond donors (Lipinski definition) is 0. The summed E-state index contributed by atoms with van der Waals surface area (Å²) in [5, 5.41) is 0. The van der Waals surface area contributed by atoms with Gasteiger partial charge in [-0.05, 0) is 6.26 Å². The fourth-order valence-electron chi connectivity index (χ4n) is 0.830. The van der Waals surface area contributed by atoms with Crippen molar-refractivity contribution in [1.82, 2.24) is 0 Å². The summed E-state index contributed by atoms with van der Waals surface area (Å²) >= 11 is 1.68. The van der Waals surface area contributed by atoms with Crippen LogP contribution in [0.2, 0.25) is 0 Å². The Morgan fingerprint density at radius 2 is 1.83 bits per heavy atom. The van der Waals surface area contributed by atoms with Crippen LogP contribution >= 0.6 is 11.8 Å². The predicted molar refractivity (Wildman–Crippen MR) is 51.7 cm³/mol. The first-order valence-corrected chi connectivity index (χ1v) is 5.41. The molecule has 1 atom stereocenters. The van der Waals surface area contributed by atoms with Crippen LogP contribution in [-0.2, 0) is 14.2 Å². The maximum absolute atomic E-state index is 5.22. The highest BCUT2D eigenvalue weighted by atomic mass is 32.2. The molecular weight excluding hydrogens is 192 g/mol. The van der Waals surface area contributed by atoms with Crippen molar-refractivity contribution in [2.45, 2.75) is 11.5 Å². The molecule has 0 aromatic heterocycles. The van der Waals surface area contributed by atoms with Crippen LogP contribution in [0.1, 0.15) is 0 Å². The molecule has 12 heavy (non-hydrogen) atoms. The van der Waals surface area contributed by atoms with Crippen molar-refractivity contribution in [3.63, 3.8) is 0 Å². The van der Waals surface area contributed by atoms with E-state index in [-0.39, 0.29) is 6.10 Å². The van der Waals surface area contributed by atoms with Crippen LogP contribution in [0.4, 0.5) is 0 Å². The molecule has 0 bridgehead atoms. The maximum Gasteiger partial charge on any atom is 0.169 e. The third-order valence-corrected chi connectivity index (χ3v) is 3.00. The van der Waals surface area contributed by atoms with E-state index in [2.05, 4.69) is 10.2 Å². The van der Waals surface area contributed by atoms with Crippen molar-refractivity contribution in [1.29, 1.82) is 0 Å². The molecule has 0 fully saturated rings. The first-order chi connectivity index (χ1) is 5.64. The molecule has 0 aliphatic heterocycles. The average Bonchev–Trinajstić information content (AvgIpc) is 2.13. The van der Waals surface area contributed by atoms with E-state index in [1.807, 2.05) is 6.26 Å². The quantitative estimate of drug-likeness (QED) is 0.468. The van der Waals surface area contributed by atoms with Crippen LogP contribution in [0, 0.1) is 0 Å². The van der Waals surface area contributed by atoms with E-state index in [4.69, 9.17) is 14.2 Å². The van der Waals surface area contributed by atoms with E-state index in [9.17, 15) is 0 Å². The number of ether oxygens (including phenoxy) is 3. The van der Waals surface area contributed by atoms with Gasteiger partial charge < -0.3 is 14.2 Å². The fourth-order valence-corrected chi connectivity index (χ4v) is 1.86. The molecule has 1 unspecified atom stereocenters.